The number of hydrogen-bond acceptors (Lipinski definition) is 3. The van der Waals surface area contributed by atoms with Crippen LogP contribution in [0.1, 0.15) is 37.2 Å². The first kappa shape index (κ1) is 15.6. The Morgan fingerprint density at radius 1 is 1.17 bits per heavy atom. The molecule has 2 N–H and O–H groups in total. The number of ether oxygens (including phenoxy) is 1. The van der Waals surface area contributed by atoms with Crippen LogP contribution in [0.3, 0.4) is 0 Å². The fourth-order valence-corrected chi connectivity index (χ4v) is 2.94. The van der Waals surface area contributed by atoms with Crippen molar-refractivity contribution in [3.05, 3.63) is 59.9 Å². The summed E-state index contributed by atoms with van der Waals surface area (Å²) in [7, 11) is 1.69. The monoisotopic (exact) mass is 309 g/mol. The van der Waals surface area contributed by atoms with Gasteiger partial charge in [-0.25, -0.2) is 4.98 Å². The average molecular weight is 309 g/mol. The minimum atomic E-state index is -0.0435. The van der Waals surface area contributed by atoms with Crippen molar-refractivity contribution in [3.63, 3.8) is 0 Å². The molecule has 1 atom stereocenters. The second-order valence-corrected chi connectivity index (χ2v) is 5.79. The van der Waals surface area contributed by atoms with E-state index in [9.17, 15) is 0 Å². The van der Waals surface area contributed by atoms with Crippen molar-refractivity contribution in [3.8, 4) is 5.75 Å². The molecule has 0 bridgehead atoms. The van der Waals surface area contributed by atoms with Gasteiger partial charge in [0.25, 0.3) is 0 Å². The van der Waals surface area contributed by atoms with E-state index in [2.05, 4.69) is 29.7 Å². The quantitative estimate of drug-likeness (QED) is 0.751. The maximum atomic E-state index is 6.37. The number of nitrogens with two attached hydrogens (primary N) is 1. The highest BCUT2D eigenvalue weighted by Crippen LogP contribution is 2.24. The Kier molecular flexibility index (Phi) is 4.63. The number of aromatic nitrogens is 2. The molecule has 3 aromatic rings. The molecule has 4 nitrogen and oxygen atoms in total. The summed E-state index contributed by atoms with van der Waals surface area (Å²) in [6, 6.07) is 16.3. The van der Waals surface area contributed by atoms with Gasteiger partial charge in [-0.05, 0) is 36.2 Å². The van der Waals surface area contributed by atoms with E-state index in [0.717, 1.165) is 42.0 Å². The van der Waals surface area contributed by atoms with Gasteiger partial charge in [0.2, 0.25) is 0 Å². The fraction of sp³-hybridized carbons (Fsp3) is 0.316. The number of hydrogen-bond donors (Lipinski definition) is 1. The summed E-state index contributed by atoms with van der Waals surface area (Å²) < 4.78 is 7.55. The Balaban J connectivity index is 2.04. The third-order valence-corrected chi connectivity index (χ3v) is 4.09. The van der Waals surface area contributed by atoms with Gasteiger partial charge in [0.05, 0.1) is 24.2 Å². The summed E-state index contributed by atoms with van der Waals surface area (Å²) in [5.41, 5.74) is 9.67. The van der Waals surface area contributed by atoms with E-state index >= 15 is 0 Å². The number of methoxy groups -OCH3 is 1. The molecule has 1 heterocycles. The number of fused-ring (bicyclic) bond motifs is 1. The third-order valence-electron chi connectivity index (χ3n) is 4.09. The van der Waals surface area contributed by atoms with Gasteiger partial charge in [-0.1, -0.05) is 37.6 Å². The normalized spacial score (nSPS) is 12.5. The van der Waals surface area contributed by atoms with Crippen molar-refractivity contribution in [2.24, 2.45) is 5.73 Å². The van der Waals surface area contributed by atoms with E-state index in [1.807, 2.05) is 30.3 Å². The Hall–Kier alpha value is -2.33. The Morgan fingerprint density at radius 2 is 2.00 bits per heavy atom. The smallest absolute Gasteiger partial charge is 0.127 e. The van der Waals surface area contributed by atoms with Crippen molar-refractivity contribution in [1.82, 2.24) is 9.55 Å². The molecule has 0 spiro atoms. The van der Waals surface area contributed by atoms with Crippen molar-refractivity contribution >= 4 is 11.0 Å². The van der Waals surface area contributed by atoms with Crippen LogP contribution < -0.4 is 10.5 Å². The lowest BCUT2D eigenvalue weighted by Crippen LogP contribution is -2.17. The molecule has 0 saturated heterocycles. The van der Waals surface area contributed by atoms with Gasteiger partial charge in [0.1, 0.15) is 11.6 Å². The summed E-state index contributed by atoms with van der Waals surface area (Å²) in [5.74, 6) is 1.82. The first-order valence-corrected chi connectivity index (χ1v) is 8.06. The lowest BCUT2D eigenvalue weighted by molar-refractivity contribution is 0.414. The van der Waals surface area contributed by atoms with Crippen LogP contribution in [-0.4, -0.2) is 16.7 Å². The van der Waals surface area contributed by atoms with Crippen LogP contribution >= 0.6 is 0 Å². The third kappa shape index (κ3) is 3.22. The average Bonchev–Trinajstić information content (AvgIpc) is 2.94. The van der Waals surface area contributed by atoms with Gasteiger partial charge < -0.3 is 15.0 Å². The molecule has 0 aliphatic heterocycles. The maximum Gasteiger partial charge on any atom is 0.127 e. The molecule has 0 saturated carbocycles. The van der Waals surface area contributed by atoms with E-state index in [0.29, 0.717) is 0 Å². The number of benzene rings is 2. The fourth-order valence-electron chi connectivity index (χ4n) is 2.94. The summed E-state index contributed by atoms with van der Waals surface area (Å²) >= 11 is 0. The Labute approximate surface area is 136 Å². The molecule has 0 unspecified atom stereocenters. The van der Waals surface area contributed by atoms with Gasteiger partial charge in [-0.15, -0.1) is 0 Å². The Morgan fingerprint density at radius 3 is 2.78 bits per heavy atom. The molecule has 1 aromatic heterocycles. The molecular weight excluding hydrogens is 286 g/mol. The second-order valence-electron chi connectivity index (χ2n) is 5.79. The van der Waals surface area contributed by atoms with Crippen LogP contribution in [0.15, 0.2) is 48.5 Å². The highest BCUT2D eigenvalue weighted by molar-refractivity contribution is 5.76. The van der Waals surface area contributed by atoms with Crippen LogP contribution in [0.2, 0.25) is 0 Å². The SMILES string of the molecule is CCC[C@H](N)c1nc2ccccc2n1Cc1cccc(OC)c1. The molecule has 0 aliphatic carbocycles. The van der Waals surface area contributed by atoms with E-state index < -0.39 is 0 Å². The van der Waals surface area contributed by atoms with Crippen molar-refractivity contribution in [1.29, 1.82) is 0 Å². The lowest BCUT2D eigenvalue weighted by atomic mass is 10.1. The van der Waals surface area contributed by atoms with Crippen molar-refractivity contribution in [2.45, 2.75) is 32.4 Å². The van der Waals surface area contributed by atoms with Crippen LogP contribution in [0, 0.1) is 0 Å². The molecule has 0 amide bonds. The summed E-state index contributed by atoms with van der Waals surface area (Å²) in [5, 5.41) is 0. The number of rotatable bonds is 6. The topological polar surface area (TPSA) is 53.1 Å². The minimum absolute atomic E-state index is 0.0435. The highest BCUT2D eigenvalue weighted by Gasteiger charge is 2.16. The van der Waals surface area contributed by atoms with Crippen molar-refractivity contribution < 1.29 is 4.74 Å². The van der Waals surface area contributed by atoms with Gasteiger partial charge in [0.15, 0.2) is 0 Å². The maximum absolute atomic E-state index is 6.37. The zero-order chi connectivity index (χ0) is 16.2. The van der Waals surface area contributed by atoms with Crippen LogP contribution in [0.5, 0.6) is 5.75 Å². The van der Waals surface area contributed by atoms with Crippen LogP contribution in [-0.2, 0) is 6.54 Å². The predicted octanol–water partition coefficient (Wildman–Crippen LogP) is 3.89. The molecule has 120 valence electrons. The molecule has 0 radical (unpaired) electrons. The number of nitrogens with zero attached hydrogens (tertiary/aromatic N) is 2. The molecule has 3 rings (SSSR count). The summed E-state index contributed by atoms with van der Waals surface area (Å²) in [6.07, 6.45) is 1.98. The second kappa shape index (κ2) is 6.84. The number of para-hydroxylation sites is 2. The summed E-state index contributed by atoms with van der Waals surface area (Å²) in [4.78, 5) is 4.78. The van der Waals surface area contributed by atoms with Gasteiger partial charge in [0, 0.05) is 6.54 Å². The molecule has 23 heavy (non-hydrogen) atoms. The Bertz CT molecular complexity index is 794. The lowest BCUT2D eigenvalue weighted by Gasteiger charge is -2.14. The van der Waals surface area contributed by atoms with E-state index in [-0.39, 0.29) is 6.04 Å². The van der Waals surface area contributed by atoms with Gasteiger partial charge >= 0.3 is 0 Å². The van der Waals surface area contributed by atoms with Gasteiger partial charge in [-0.2, -0.15) is 0 Å². The predicted molar refractivity (Wildman–Crippen MR) is 93.7 cm³/mol. The van der Waals surface area contributed by atoms with E-state index in [1.54, 1.807) is 7.11 Å². The standard InChI is InChI=1S/C19H23N3O/c1-3-7-16(20)19-21-17-10-4-5-11-18(17)22(19)13-14-8-6-9-15(12-14)23-2/h4-6,8-12,16H,3,7,13,20H2,1-2H3/t16-/m0/s1. The highest BCUT2D eigenvalue weighted by atomic mass is 16.5. The minimum Gasteiger partial charge on any atom is -0.497 e. The van der Waals surface area contributed by atoms with Gasteiger partial charge in [-0.3, -0.25) is 0 Å². The molecule has 4 heteroatoms. The van der Waals surface area contributed by atoms with Crippen LogP contribution in [0.4, 0.5) is 0 Å². The zero-order valence-corrected chi connectivity index (χ0v) is 13.7. The molecule has 0 fully saturated rings. The number of imidazole rings is 1. The van der Waals surface area contributed by atoms with Crippen LogP contribution in [0.25, 0.3) is 11.0 Å². The van der Waals surface area contributed by atoms with E-state index in [4.69, 9.17) is 15.5 Å². The largest absolute Gasteiger partial charge is 0.497 e. The zero-order valence-electron chi connectivity index (χ0n) is 13.7. The van der Waals surface area contributed by atoms with Crippen molar-refractivity contribution in [2.75, 3.05) is 7.11 Å². The first-order valence-electron chi connectivity index (χ1n) is 8.06. The molecule has 0 aliphatic rings. The summed E-state index contributed by atoms with van der Waals surface area (Å²) in [6.45, 7) is 2.89. The molecule has 2 aromatic carbocycles. The van der Waals surface area contributed by atoms with E-state index in [1.165, 1.54) is 5.56 Å². The molecular formula is C19H23N3O. The first-order chi connectivity index (χ1) is 11.2.